The number of rotatable bonds is 5. The van der Waals surface area contributed by atoms with Crippen LogP contribution in [-0.4, -0.2) is 17.7 Å². The maximum atomic E-state index is 12.2. The van der Waals surface area contributed by atoms with E-state index in [9.17, 15) is 14.4 Å². The average molecular weight is 420 g/mol. The van der Waals surface area contributed by atoms with Gasteiger partial charge in [0, 0.05) is 27.9 Å². The van der Waals surface area contributed by atoms with E-state index in [1.54, 1.807) is 78.9 Å². The van der Waals surface area contributed by atoms with E-state index in [0.29, 0.717) is 21.8 Å². The molecule has 3 rings (SSSR count). The molecule has 0 aliphatic carbocycles. The van der Waals surface area contributed by atoms with Crippen LogP contribution >= 0.6 is 11.6 Å². The molecule has 6 nitrogen and oxygen atoms in total. The third kappa shape index (κ3) is 6.05. The molecule has 7 heteroatoms. The first kappa shape index (κ1) is 20.8. The number of hydrogen-bond acceptors (Lipinski definition) is 3. The summed E-state index contributed by atoms with van der Waals surface area (Å²) in [6, 6.07) is 22.1. The van der Waals surface area contributed by atoms with Gasteiger partial charge in [0.15, 0.2) is 0 Å². The first-order valence-electron chi connectivity index (χ1n) is 9.02. The van der Waals surface area contributed by atoms with Gasteiger partial charge in [0.1, 0.15) is 0 Å². The first-order chi connectivity index (χ1) is 14.5. The molecule has 0 aliphatic heterocycles. The van der Waals surface area contributed by atoms with Crippen molar-refractivity contribution < 1.29 is 14.4 Å². The number of benzene rings is 3. The van der Waals surface area contributed by atoms with Gasteiger partial charge in [-0.15, -0.1) is 0 Å². The summed E-state index contributed by atoms with van der Waals surface area (Å²) in [6.07, 6.45) is 2.90. The molecule has 3 amide bonds. The van der Waals surface area contributed by atoms with Gasteiger partial charge < -0.3 is 5.32 Å². The fourth-order valence-electron chi connectivity index (χ4n) is 2.48. The number of anilines is 1. The van der Waals surface area contributed by atoms with Gasteiger partial charge in [-0.1, -0.05) is 41.9 Å². The lowest BCUT2D eigenvalue weighted by Crippen LogP contribution is -2.40. The fourth-order valence-corrected chi connectivity index (χ4v) is 2.60. The molecule has 0 radical (unpaired) electrons. The van der Waals surface area contributed by atoms with Gasteiger partial charge in [-0.3, -0.25) is 25.2 Å². The van der Waals surface area contributed by atoms with E-state index < -0.39 is 11.8 Å². The largest absolute Gasteiger partial charge is 0.322 e. The molecule has 0 unspecified atom stereocenters. The molecule has 0 saturated heterocycles. The number of carbonyl (C=O) groups is 3. The fraction of sp³-hybridized carbons (Fsp3) is 0. The summed E-state index contributed by atoms with van der Waals surface area (Å²) < 4.78 is 0. The Morgan fingerprint density at radius 1 is 0.700 bits per heavy atom. The molecule has 0 aromatic heterocycles. The topological polar surface area (TPSA) is 87.3 Å². The van der Waals surface area contributed by atoms with Crippen molar-refractivity contribution >= 4 is 41.1 Å². The highest BCUT2D eigenvalue weighted by Crippen LogP contribution is 2.12. The maximum Gasteiger partial charge on any atom is 0.269 e. The Morgan fingerprint density at radius 2 is 1.33 bits per heavy atom. The van der Waals surface area contributed by atoms with Crippen LogP contribution in [0.3, 0.4) is 0 Å². The number of hydrogen-bond donors (Lipinski definition) is 3. The average Bonchev–Trinajstić information content (AvgIpc) is 2.78. The normalized spacial score (nSPS) is 10.4. The molecular formula is C23H18ClN3O3. The van der Waals surface area contributed by atoms with Crippen LogP contribution in [0.15, 0.2) is 84.9 Å². The molecular weight excluding hydrogens is 402 g/mol. The Labute approximate surface area is 178 Å². The van der Waals surface area contributed by atoms with Crippen molar-refractivity contribution in [2.75, 3.05) is 5.32 Å². The summed E-state index contributed by atoms with van der Waals surface area (Å²) in [5, 5.41) is 3.36. The molecule has 150 valence electrons. The van der Waals surface area contributed by atoms with Crippen molar-refractivity contribution in [1.29, 1.82) is 0 Å². The number of hydrazine groups is 1. The first-order valence-corrected chi connectivity index (χ1v) is 9.39. The van der Waals surface area contributed by atoms with Crippen molar-refractivity contribution in [2.45, 2.75) is 0 Å². The third-order valence-electron chi connectivity index (χ3n) is 4.04. The summed E-state index contributed by atoms with van der Waals surface area (Å²) >= 11 is 5.81. The molecule has 0 atom stereocenters. The standard InChI is InChI=1S/C23H18ClN3O3/c24-19-11-6-16(7-12-19)8-15-21(28)26-27-23(30)18-9-13-20(14-10-18)25-22(29)17-4-2-1-3-5-17/h1-15H,(H,25,29)(H,26,28)(H,27,30)/b15-8+. The van der Waals surface area contributed by atoms with Gasteiger partial charge in [0.05, 0.1) is 0 Å². The molecule has 3 N–H and O–H groups in total. The molecule has 0 heterocycles. The zero-order chi connectivity index (χ0) is 21.3. The summed E-state index contributed by atoms with van der Waals surface area (Å²) in [5.41, 5.74) is 6.86. The zero-order valence-electron chi connectivity index (χ0n) is 15.8. The van der Waals surface area contributed by atoms with Gasteiger partial charge in [0.25, 0.3) is 17.7 Å². The highest BCUT2D eigenvalue weighted by Gasteiger charge is 2.08. The van der Waals surface area contributed by atoms with Gasteiger partial charge in [-0.2, -0.15) is 0 Å². The van der Waals surface area contributed by atoms with Gasteiger partial charge in [0.2, 0.25) is 0 Å². The Hall–Kier alpha value is -3.90. The number of nitrogens with one attached hydrogen (secondary N) is 3. The number of halogens is 1. The van der Waals surface area contributed by atoms with Crippen LogP contribution < -0.4 is 16.2 Å². The third-order valence-corrected chi connectivity index (χ3v) is 4.29. The van der Waals surface area contributed by atoms with Crippen LogP contribution in [0.25, 0.3) is 6.08 Å². The Morgan fingerprint density at radius 3 is 2.00 bits per heavy atom. The van der Waals surface area contributed by atoms with Crippen LogP contribution in [0.5, 0.6) is 0 Å². The van der Waals surface area contributed by atoms with Crippen molar-refractivity contribution in [3.8, 4) is 0 Å². The van der Waals surface area contributed by atoms with Crippen molar-refractivity contribution in [3.05, 3.63) is 107 Å². The quantitative estimate of drug-likeness (QED) is 0.430. The molecule has 3 aromatic rings. The molecule has 0 aliphatic rings. The van der Waals surface area contributed by atoms with E-state index in [-0.39, 0.29) is 5.91 Å². The second kappa shape index (κ2) is 10.0. The van der Waals surface area contributed by atoms with E-state index in [1.807, 2.05) is 6.07 Å². The number of carbonyl (C=O) groups excluding carboxylic acids is 3. The molecule has 0 fully saturated rings. The molecule has 0 spiro atoms. The van der Waals surface area contributed by atoms with Crippen LogP contribution in [0.1, 0.15) is 26.3 Å². The summed E-state index contributed by atoms with van der Waals surface area (Å²) in [5.74, 6) is -1.21. The highest BCUT2D eigenvalue weighted by molar-refractivity contribution is 6.30. The SMILES string of the molecule is O=C(/C=C/c1ccc(Cl)cc1)NNC(=O)c1ccc(NC(=O)c2ccccc2)cc1. The lowest BCUT2D eigenvalue weighted by atomic mass is 10.1. The summed E-state index contributed by atoms with van der Waals surface area (Å²) in [4.78, 5) is 36.1. The monoisotopic (exact) mass is 419 g/mol. The van der Waals surface area contributed by atoms with Crippen LogP contribution in [0.4, 0.5) is 5.69 Å². The van der Waals surface area contributed by atoms with Crippen LogP contribution in [0.2, 0.25) is 5.02 Å². The zero-order valence-corrected chi connectivity index (χ0v) is 16.5. The lowest BCUT2D eigenvalue weighted by molar-refractivity contribution is -0.117. The predicted molar refractivity (Wildman–Crippen MR) is 117 cm³/mol. The summed E-state index contributed by atoms with van der Waals surface area (Å²) in [6.45, 7) is 0. The van der Waals surface area contributed by atoms with Gasteiger partial charge in [-0.05, 0) is 60.2 Å². The van der Waals surface area contributed by atoms with Crippen LogP contribution in [0, 0.1) is 0 Å². The molecule has 30 heavy (non-hydrogen) atoms. The van der Waals surface area contributed by atoms with E-state index in [2.05, 4.69) is 16.2 Å². The minimum Gasteiger partial charge on any atom is -0.322 e. The summed E-state index contributed by atoms with van der Waals surface area (Å²) in [7, 11) is 0. The van der Waals surface area contributed by atoms with E-state index in [1.165, 1.54) is 6.08 Å². The lowest BCUT2D eigenvalue weighted by Gasteiger charge is -2.08. The molecule has 3 aromatic carbocycles. The smallest absolute Gasteiger partial charge is 0.269 e. The van der Waals surface area contributed by atoms with Crippen LogP contribution in [-0.2, 0) is 4.79 Å². The second-order valence-electron chi connectivity index (χ2n) is 6.23. The molecule has 0 saturated carbocycles. The number of amides is 3. The molecule has 0 bridgehead atoms. The van der Waals surface area contributed by atoms with Crippen molar-refractivity contribution in [1.82, 2.24) is 10.9 Å². The van der Waals surface area contributed by atoms with Crippen molar-refractivity contribution in [3.63, 3.8) is 0 Å². The van der Waals surface area contributed by atoms with E-state index >= 15 is 0 Å². The highest BCUT2D eigenvalue weighted by atomic mass is 35.5. The predicted octanol–water partition coefficient (Wildman–Crippen LogP) is 4.07. The minimum atomic E-state index is -0.482. The Balaban J connectivity index is 1.50. The van der Waals surface area contributed by atoms with E-state index in [0.717, 1.165) is 5.56 Å². The van der Waals surface area contributed by atoms with Gasteiger partial charge in [-0.25, -0.2) is 0 Å². The minimum absolute atomic E-state index is 0.243. The second-order valence-corrected chi connectivity index (χ2v) is 6.66. The Kier molecular flexibility index (Phi) is 6.97. The maximum absolute atomic E-state index is 12.2. The van der Waals surface area contributed by atoms with Crippen molar-refractivity contribution in [2.24, 2.45) is 0 Å². The van der Waals surface area contributed by atoms with E-state index in [4.69, 9.17) is 11.6 Å². The van der Waals surface area contributed by atoms with Gasteiger partial charge >= 0.3 is 0 Å². The Bertz CT molecular complexity index is 1060.